The van der Waals surface area contributed by atoms with Gasteiger partial charge in [0, 0.05) is 7.11 Å². The molecule has 5 rings (SSSR count). The van der Waals surface area contributed by atoms with Crippen molar-refractivity contribution in [2.75, 3.05) is 7.11 Å². The molecule has 0 aromatic heterocycles. The molecule has 0 spiro atoms. The van der Waals surface area contributed by atoms with Gasteiger partial charge in [0.05, 0.1) is 0 Å². The zero-order chi connectivity index (χ0) is 23.2. The summed E-state index contributed by atoms with van der Waals surface area (Å²) in [7, 11) is 1.00. The molecule has 4 aromatic carbocycles. The molecule has 0 unspecified atom stereocenters. The van der Waals surface area contributed by atoms with Crippen LogP contribution in [0.4, 0.5) is 0 Å². The van der Waals surface area contributed by atoms with Gasteiger partial charge in [-0.1, -0.05) is 45.9 Å². The van der Waals surface area contributed by atoms with E-state index < -0.39 is 0 Å². The molecule has 0 amide bonds. The van der Waals surface area contributed by atoms with Crippen LogP contribution in [0.2, 0.25) is 0 Å². The summed E-state index contributed by atoms with van der Waals surface area (Å²) in [6.07, 6.45) is 1.08. The van der Waals surface area contributed by atoms with Crippen LogP contribution < -0.4 is 24.8 Å². The van der Waals surface area contributed by atoms with Crippen LogP contribution in [-0.2, 0) is 21.7 Å². The Balaban J connectivity index is 0. The Labute approximate surface area is 238 Å². The predicted octanol–water partition coefficient (Wildman–Crippen LogP) is 1.74. The Hall–Kier alpha value is -2.13. The van der Waals surface area contributed by atoms with E-state index in [0.717, 1.165) is 13.5 Å². The minimum atomic E-state index is 0. The van der Waals surface area contributed by atoms with Gasteiger partial charge in [0.25, 0.3) is 0 Å². The van der Waals surface area contributed by atoms with Gasteiger partial charge < -0.3 is 29.9 Å². The van der Waals surface area contributed by atoms with Crippen molar-refractivity contribution in [3.63, 3.8) is 0 Å². The molecule has 0 saturated heterocycles. The number of benzene rings is 4. The first-order valence-corrected chi connectivity index (χ1v) is 10.7. The van der Waals surface area contributed by atoms with E-state index in [1.807, 2.05) is 60.7 Å². The third-order valence-corrected chi connectivity index (χ3v) is 5.30. The molecular formula is C31H31Cl2OTi-3. The van der Waals surface area contributed by atoms with Gasteiger partial charge in [0.15, 0.2) is 0 Å². The molecular weight excluding hydrogens is 507 g/mol. The van der Waals surface area contributed by atoms with Crippen LogP contribution in [0.25, 0.3) is 16.3 Å². The van der Waals surface area contributed by atoms with Crippen LogP contribution in [0.15, 0.2) is 114 Å². The topological polar surface area (TPSA) is 20.2 Å². The maximum atomic E-state index is 7.00. The summed E-state index contributed by atoms with van der Waals surface area (Å²) in [5, 5.41) is 9.47. The van der Waals surface area contributed by atoms with E-state index in [2.05, 4.69) is 75.4 Å². The molecule has 0 aliphatic heterocycles. The van der Waals surface area contributed by atoms with E-state index in [9.17, 15) is 0 Å². The number of aliphatic hydroxyl groups is 1. The third-order valence-electron chi connectivity index (χ3n) is 5.30. The molecule has 0 radical (unpaired) electrons. The van der Waals surface area contributed by atoms with Crippen LogP contribution in [0.1, 0.15) is 32.8 Å². The van der Waals surface area contributed by atoms with E-state index in [0.29, 0.717) is 0 Å². The van der Waals surface area contributed by atoms with Gasteiger partial charge in [-0.15, -0.1) is 35.2 Å². The monoisotopic (exact) mass is 537 g/mol. The quantitative estimate of drug-likeness (QED) is 0.290. The molecule has 1 nitrogen and oxygen atoms in total. The smallest absolute Gasteiger partial charge is 1.00 e. The predicted molar refractivity (Wildman–Crippen MR) is 137 cm³/mol. The minimum Gasteiger partial charge on any atom is -1.00 e. The summed E-state index contributed by atoms with van der Waals surface area (Å²) < 4.78 is 0. The van der Waals surface area contributed by atoms with Crippen LogP contribution >= 0.6 is 0 Å². The molecule has 182 valence electrons. The summed E-state index contributed by atoms with van der Waals surface area (Å²) in [4.78, 5) is 0. The maximum Gasteiger partial charge on any atom is 2.00 e. The van der Waals surface area contributed by atoms with Crippen molar-refractivity contribution in [1.29, 1.82) is 0 Å². The van der Waals surface area contributed by atoms with Crippen LogP contribution in [0.3, 0.4) is 0 Å². The van der Waals surface area contributed by atoms with E-state index in [1.54, 1.807) is 0 Å². The number of fused-ring (bicyclic) bond motifs is 1. The molecule has 35 heavy (non-hydrogen) atoms. The first-order valence-electron chi connectivity index (χ1n) is 10.7. The second kappa shape index (κ2) is 20.1. The number of hydrogen-bond donors (Lipinski definition) is 1. The Morgan fingerprint density at radius 1 is 0.629 bits per heavy atom. The van der Waals surface area contributed by atoms with E-state index in [1.165, 1.54) is 38.6 Å². The van der Waals surface area contributed by atoms with Gasteiger partial charge in [-0.25, -0.2) is 0 Å². The van der Waals surface area contributed by atoms with Crippen molar-refractivity contribution in [2.24, 2.45) is 0 Å². The van der Waals surface area contributed by atoms with E-state index >= 15 is 0 Å². The zero-order valence-electron chi connectivity index (χ0n) is 20.6. The molecule has 0 bridgehead atoms. The number of hydrogen-bond acceptors (Lipinski definition) is 1. The number of halogens is 2. The summed E-state index contributed by atoms with van der Waals surface area (Å²) in [5.41, 5.74) is 7.06. The fraction of sp³-hybridized carbons (Fsp3) is 0.161. The maximum absolute atomic E-state index is 7.00. The fourth-order valence-electron chi connectivity index (χ4n) is 3.35. The van der Waals surface area contributed by atoms with Gasteiger partial charge in [-0.05, 0) is 27.2 Å². The van der Waals surface area contributed by atoms with Gasteiger partial charge in [0.1, 0.15) is 0 Å². The van der Waals surface area contributed by atoms with Crippen molar-refractivity contribution in [1.82, 2.24) is 0 Å². The largest absolute Gasteiger partial charge is 2.00 e. The summed E-state index contributed by atoms with van der Waals surface area (Å²) in [5.74, 6) is 0. The molecule has 0 fully saturated rings. The Bertz CT molecular complexity index is 1060. The second-order valence-electron chi connectivity index (χ2n) is 7.30. The molecule has 4 aromatic rings. The number of rotatable bonds is 1. The van der Waals surface area contributed by atoms with Gasteiger partial charge >= 0.3 is 21.7 Å². The standard InChI is InChI=1S/C18H17.2C6H5.CH4O.2ClH.Ti/c1-12-10-18(14(3)13(12)2)17-9-8-15-6-4-5-7-16(15)11-17;2*1-2-4-6-5-3-1;1-2;;;/h4-9H,10H2,1-3H3;2*1-5H;2H,1H3;2*1H;/q3*-1;;;;+2/p-2. The van der Waals surface area contributed by atoms with Gasteiger partial charge in [0.2, 0.25) is 0 Å². The molecule has 0 atom stereocenters. The number of aliphatic hydroxyl groups excluding tert-OH is 1. The summed E-state index contributed by atoms with van der Waals surface area (Å²) in [6.45, 7) is 6.68. The summed E-state index contributed by atoms with van der Waals surface area (Å²) in [6, 6.07) is 41.4. The van der Waals surface area contributed by atoms with E-state index in [4.69, 9.17) is 5.11 Å². The average Bonchev–Trinajstić information content (AvgIpc) is 3.15. The second-order valence-corrected chi connectivity index (χ2v) is 7.30. The molecule has 0 heterocycles. The summed E-state index contributed by atoms with van der Waals surface area (Å²) >= 11 is 0. The van der Waals surface area contributed by atoms with Crippen molar-refractivity contribution >= 4 is 16.3 Å². The Kier molecular flexibility index (Phi) is 20.1. The molecule has 1 aliphatic rings. The van der Waals surface area contributed by atoms with Crippen LogP contribution in [0, 0.1) is 18.2 Å². The minimum absolute atomic E-state index is 0. The third kappa shape index (κ3) is 11.4. The van der Waals surface area contributed by atoms with Crippen molar-refractivity contribution in [3.05, 3.63) is 138 Å². The first-order chi connectivity index (χ1) is 15.7. The Morgan fingerprint density at radius 2 is 1.14 bits per heavy atom. The fourth-order valence-corrected chi connectivity index (χ4v) is 3.35. The SMILES string of the molecule is CC1=C(C)C(C)=C(c2[c-]c3ccccc3cc2)C1.CO.[Cl-].[Cl-].[Ti+2].[c-]1ccccc1.[c-]1ccccc1. The average molecular weight is 538 g/mol. The van der Waals surface area contributed by atoms with Crippen LogP contribution in [-0.4, -0.2) is 12.2 Å². The zero-order valence-corrected chi connectivity index (χ0v) is 23.7. The molecule has 0 saturated carbocycles. The molecule has 4 heteroatoms. The van der Waals surface area contributed by atoms with Gasteiger partial charge in [-0.2, -0.15) is 72.8 Å². The van der Waals surface area contributed by atoms with Gasteiger partial charge in [-0.3, -0.25) is 0 Å². The van der Waals surface area contributed by atoms with E-state index in [-0.39, 0.29) is 46.5 Å². The van der Waals surface area contributed by atoms with Crippen molar-refractivity contribution in [3.8, 4) is 0 Å². The molecule has 1 N–H and O–H groups in total. The number of allylic oxidation sites excluding steroid dienone is 4. The molecule has 1 aliphatic carbocycles. The van der Waals surface area contributed by atoms with Crippen molar-refractivity contribution < 1.29 is 51.6 Å². The normalized spacial score (nSPS) is 11.1. The van der Waals surface area contributed by atoms with Crippen molar-refractivity contribution in [2.45, 2.75) is 27.2 Å². The first kappa shape index (κ1) is 35.0. The van der Waals surface area contributed by atoms with Crippen LogP contribution in [0.5, 0.6) is 0 Å². The Morgan fingerprint density at radius 3 is 1.54 bits per heavy atom.